The molecular formula is C7H13NO4. The Hall–Kier alpha value is -0.810. The first-order valence-corrected chi connectivity index (χ1v) is 3.88. The summed E-state index contributed by atoms with van der Waals surface area (Å²) in [7, 11) is 0. The number of ether oxygens (including phenoxy) is 2. The molecule has 70 valence electrons. The minimum absolute atomic E-state index is 0.0760. The van der Waals surface area contributed by atoms with Crippen LogP contribution in [0.1, 0.15) is 6.42 Å². The number of rotatable bonds is 3. The Labute approximate surface area is 70.4 Å². The van der Waals surface area contributed by atoms with Crippen molar-refractivity contribution in [2.45, 2.75) is 12.5 Å². The van der Waals surface area contributed by atoms with E-state index < -0.39 is 6.09 Å². The number of primary amides is 1. The molecule has 0 bridgehead atoms. The molecule has 5 nitrogen and oxygen atoms in total. The van der Waals surface area contributed by atoms with Crippen molar-refractivity contribution in [2.24, 2.45) is 11.7 Å². The molecular weight excluding hydrogens is 162 g/mol. The van der Waals surface area contributed by atoms with Crippen LogP contribution in [0.4, 0.5) is 4.79 Å². The van der Waals surface area contributed by atoms with Gasteiger partial charge in [0, 0.05) is 12.5 Å². The number of nitrogens with two attached hydrogens (primary N) is 1. The van der Waals surface area contributed by atoms with E-state index >= 15 is 0 Å². The lowest BCUT2D eigenvalue weighted by Gasteiger charge is -2.15. The van der Waals surface area contributed by atoms with E-state index in [0.29, 0.717) is 19.6 Å². The normalized spacial score (nSPS) is 28.8. The fraction of sp³-hybridized carbons (Fsp3) is 0.857. The second-order valence-electron chi connectivity index (χ2n) is 2.79. The molecule has 1 fully saturated rings. The van der Waals surface area contributed by atoms with Crippen molar-refractivity contribution in [3.8, 4) is 0 Å². The molecule has 1 saturated heterocycles. The number of amides is 1. The lowest BCUT2D eigenvalue weighted by atomic mass is 10.0. The standard InChI is InChI=1S/C7H13NO4/c8-7(10)12-6-4-11-3-5(6)1-2-9/h5-6,9H,1-4H2,(H2,8,10). The number of hydrogen-bond donors (Lipinski definition) is 2. The number of aliphatic hydroxyl groups excluding tert-OH is 1. The Morgan fingerprint density at radius 3 is 3.00 bits per heavy atom. The van der Waals surface area contributed by atoms with Crippen molar-refractivity contribution in [2.75, 3.05) is 19.8 Å². The molecule has 3 N–H and O–H groups in total. The summed E-state index contributed by atoms with van der Waals surface area (Å²) in [5.41, 5.74) is 4.85. The van der Waals surface area contributed by atoms with Crippen LogP contribution in [0, 0.1) is 5.92 Å². The smallest absolute Gasteiger partial charge is 0.404 e. The predicted octanol–water partition coefficient (Wildman–Crippen LogP) is -0.521. The quantitative estimate of drug-likeness (QED) is 0.604. The highest BCUT2D eigenvalue weighted by Gasteiger charge is 2.30. The number of carbonyl (C=O) groups excluding carboxylic acids is 1. The highest BCUT2D eigenvalue weighted by atomic mass is 16.6. The lowest BCUT2D eigenvalue weighted by molar-refractivity contribution is 0.0740. The molecule has 2 atom stereocenters. The number of hydrogen-bond acceptors (Lipinski definition) is 4. The van der Waals surface area contributed by atoms with E-state index in [1.54, 1.807) is 0 Å². The molecule has 0 aromatic rings. The molecule has 1 rings (SSSR count). The summed E-state index contributed by atoms with van der Waals surface area (Å²) in [5.74, 6) is 0.0856. The third-order valence-corrected chi connectivity index (χ3v) is 1.91. The van der Waals surface area contributed by atoms with Crippen LogP contribution < -0.4 is 5.73 Å². The van der Waals surface area contributed by atoms with Gasteiger partial charge in [0.2, 0.25) is 0 Å². The monoisotopic (exact) mass is 175 g/mol. The molecule has 0 radical (unpaired) electrons. The average molecular weight is 175 g/mol. The van der Waals surface area contributed by atoms with Crippen LogP contribution in [0.3, 0.4) is 0 Å². The maximum Gasteiger partial charge on any atom is 0.404 e. The van der Waals surface area contributed by atoms with Gasteiger partial charge in [0.05, 0.1) is 13.2 Å². The van der Waals surface area contributed by atoms with E-state index in [-0.39, 0.29) is 18.6 Å². The molecule has 1 aliphatic heterocycles. The van der Waals surface area contributed by atoms with E-state index in [1.165, 1.54) is 0 Å². The van der Waals surface area contributed by atoms with E-state index in [1.807, 2.05) is 0 Å². The molecule has 1 aliphatic rings. The van der Waals surface area contributed by atoms with Gasteiger partial charge in [0.15, 0.2) is 0 Å². The van der Waals surface area contributed by atoms with Crippen molar-refractivity contribution < 1.29 is 19.4 Å². The number of carbonyl (C=O) groups is 1. The minimum Gasteiger partial charge on any atom is -0.444 e. The van der Waals surface area contributed by atoms with Crippen molar-refractivity contribution in [3.05, 3.63) is 0 Å². The van der Waals surface area contributed by atoms with Crippen LogP contribution in [0.15, 0.2) is 0 Å². The summed E-state index contributed by atoms with van der Waals surface area (Å²) in [6, 6.07) is 0. The summed E-state index contributed by atoms with van der Waals surface area (Å²) in [5, 5.41) is 8.65. The molecule has 0 aliphatic carbocycles. The Kier molecular flexibility index (Phi) is 3.31. The van der Waals surface area contributed by atoms with Gasteiger partial charge < -0.3 is 20.3 Å². The van der Waals surface area contributed by atoms with Crippen LogP contribution in [0.2, 0.25) is 0 Å². The molecule has 0 aromatic carbocycles. The van der Waals surface area contributed by atoms with Crippen LogP contribution in [-0.2, 0) is 9.47 Å². The van der Waals surface area contributed by atoms with Gasteiger partial charge in [0.1, 0.15) is 6.10 Å². The van der Waals surface area contributed by atoms with Crippen molar-refractivity contribution in [1.29, 1.82) is 0 Å². The predicted molar refractivity (Wildman–Crippen MR) is 40.5 cm³/mol. The van der Waals surface area contributed by atoms with Gasteiger partial charge >= 0.3 is 6.09 Å². The van der Waals surface area contributed by atoms with Gasteiger partial charge in [-0.1, -0.05) is 0 Å². The third-order valence-electron chi connectivity index (χ3n) is 1.91. The minimum atomic E-state index is -0.784. The van der Waals surface area contributed by atoms with Gasteiger partial charge in [-0.3, -0.25) is 0 Å². The van der Waals surface area contributed by atoms with Crippen LogP contribution >= 0.6 is 0 Å². The van der Waals surface area contributed by atoms with Gasteiger partial charge in [-0.15, -0.1) is 0 Å². The number of aliphatic hydroxyl groups is 1. The van der Waals surface area contributed by atoms with Crippen molar-refractivity contribution >= 4 is 6.09 Å². The summed E-state index contributed by atoms with van der Waals surface area (Å²) < 4.78 is 9.86. The molecule has 0 aromatic heterocycles. The van der Waals surface area contributed by atoms with Gasteiger partial charge in [0.25, 0.3) is 0 Å². The first kappa shape index (κ1) is 9.28. The van der Waals surface area contributed by atoms with Crippen LogP contribution in [0.5, 0.6) is 0 Å². The van der Waals surface area contributed by atoms with Crippen molar-refractivity contribution in [1.82, 2.24) is 0 Å². The molecule has 2 unspecified atom stereocenters. The Balaban J connectivity index is 2.35. The second-order valence-corrected chi connectivity index (χ2v) is 2.79. The maximum atomic E-state index is 10.4. The first-order valence-electron chi connectivity index (χ1n) is 3.88. The summed E-state index contributed by atoms with van der Waals surface area (Å²) in [4.78, 5) is 10.4. The molecule has 0 spiro atoms. The Morgan fingerprint density at radius 1 is 1.67 bits per heavy atom. The molecule has 1 amide bonds. The largest absolute Gasteiger partial charge is 0.444 e. The summed E-state index contributed by atoms with van der Waals surface area (Å²) in [6.07, 6.45) is -0.485. The van der Waals surface area contributed by atoms with Gasteiger partial charge in [-0.25, -0.2) is 4.79 Å². The fourth-order valence-corrected chi connectivity index (χ4v) is 1.29. The topological polar surface area (TPSA) is 81.8 Å². The highest BCUT2D eigenvalue weighted by Crippen LogP contribution is 2.19. The summed E-state index contributed by atoms with van der Waals surface area (Å²) >= 11 is 0. The zero-order valence-electron chi connectivity index (χ0n) is 6.73. The molecule has 12 heavy (non-hydrogen) atoms. The van der Waals surface area contributed by atoms with Gasteiger partial charge in [-0.05, 0) is 6.42 Å². The average Bonchev–Trinajstić information content (AvgIpc) is 2.37. The Morgan fingerprint density at radius 2 is 2.42 bits per heavy atom. The molecule has 5 heteroatoms. The van der Waals surface area contributed by atoms with E-state index in [0.717, 1.165) is 0 Å². The maximum absolute atomic E-state index is 10.4. The Bertz CT molecular complexity index is 161. The van der Waals surface area contributed by atoms with E-state index in [2.05, 4.69) is 0 Å². The van der Waals surface area contributed by atoms with Crippen LogP contribution in [0.25, 0.3) is 0 Å². The summed E-state index contributed by atoms with van der Waals surface area (Å²) in [6.45, 7) is 0.985. The van der Waals surface area contributed by atoms with Crippen molar-refractivity contribution in [3.63, 3.8) is 0 Å². The zero-order chi connectivity index (χ0) is 8.97. The highest BCUT2D eigenvalue weighted by molar-refractivity contribution is 5.64. The molecule has 1 heterocycles. The SMILES string of the molecule is NC(=O)OC1COCC1CCO. The first-order chi connectivity index (χ1) is 5.74. The second kappa shape index (κ2) is 4.27. The van der Waals surface area contributed by atoms with E-state index in [9.17, 15) is 4.79 Å². The lowest BCUT2D eigenvalue weighted by Crippen LogP contribution is -2.29. The molecule has 0 saturated carbocycles. The fourth-order valence-electron chi connectivity index (χ4n) is 1.29. The van der Waals surface area contributed by atoms with E-state index in [4.69, 9.17) is 20.3 Å². The zero-order valence-corrected chi connectivity index (χ0v) is 6.73. The third kappa shape index (κ3) is 2.35. The van der Waals surface area contributed by atoms with Crippen LogP contribution in [-0.4, -0.2) is 37.1 Å². The van der Waals surface area contributed by atoms with Gasteiger partial charge in [-0.2, -0.15) is 0 Å².